The van der Waals surface area contributed by atoms with Crippen LogP contribution < -0.4 is 10.8 Å². The summed E-state index contributed by atoms with van der Waals surface area (Å²) in [5, 5.41) is 3.30. The van der Waals surface area contributed by atoms with Crippen LogP contribution >= 0.6 is 0 Å². The Balaban J connectivity index is 0.000000531. The Bertz CT molecular complexity index is 300. The first-order valence-electron chi connectivity index (χ1n) is 4.90. The minimum absolute atomic E-state index is 0. The van der Waals surface area contributed by atoms with E-state index in [4.69, 9.17) is 7.85 Å². The molecule has 1 N–H and O–H groups in total. The maximum absolute atomic E-state index is 5.69. The van der Waals surface area contributed by atoms with E-state index >= 15 is 0 Å². The molecule has 0 aliphatic carbocycles. The molecule has 13 heavy (non-hydrogen) atoms. The van der Waals surface area contributed by atoms with Crippen LogP contribution in [0, 0.1) is 6.92 Å². The summed E-state index contributed by atoms with van der Waals surface area (Å²) in [7, 11) is 5.69. The van der Waals surface area contributed by atoms with E-state index in [-0.39, 0.29) is 1.43 Å². The standard InChI is InChI=1S/C9H10BN.C2H6.H2/c1-6-4-7(10)5-9-8(6)2-3-11-9;1-2;/h4-5,11H,2-3H2,1H3;1-2H3;1H. The summed E-state index contributed by atoms with van der Waals surface area (Å²) in [4.78, 5) is 0. The molecule has 1 heterocycles. The van der Waals surface area contributed by atoms with Gasteiger partial charge in [0.2, 0.25) is 0 Å². The summed E-state index contributed by atoms with van der Waals surface area (Å²) in [6.07, 6.45) is 1.14. The largest absolute Gasteiger partial charge is 0.384 e. The molecule has 2 heteroatoms. The summed E-state index contributed by atoms with van der Waals surface area (Å²) >= 11 is 0. The SMILES string of the molecule is CC.[B]c1cc(C)c2c(c1)NCC2.[HH]. The predicted octanol–water partition coefficient (Wildman–Crippen LogP) is 2.03. The molecule has 0 unspecified atom stereocenters. The van der Waals surface area contributed by atoms with Crippen LogP contribution in [0.15, 0.2) is 12.1 Å². The van der Waals surface area contributed by atoms with E-state index in [1.165, 1.54) is 16.8 Å². The third-order valence-corrected chi connectivity index (χ3v) is 2.19. The van der Waals surface area contributed by atoms with E-state index in [1.54, 1.807) is 0 Å². The lowest BCUT2D eigenvalue weighted by atomic mass is 9.91. The zero-order valence-corrected chi connectivity index (χ0v) is 8.65. The first-order valence-corrected chi connectivity index (χ1v) is 4.90. The fourth-order valence-corrected chi connectivity index (χ4v) is 1.66. The number of aryl methyl sites for hydroxylation is 1. The highest BCUT2D eigenvalue weighted by molar-refractivity contribution is 6.32. The lowest BCUT2D eigenvalue weighted by Gasteiger charge is -2.04. The van der Waals surface area contributed by atoms with Crippen LogP contribution in [0.1, 0.15) is 26.4 Å². The molecule has 1 aliphatic rings. The van der Waals surface area contributed by atoms with Gasteiger partial charge in [-0.05, 0) is 30.5 Å². The van der Waals surface area contributed by atoms with Crippen LogP contribution in [0.5, 0.6) is 0 Å². The Labute approximate surface area is 83.4 Å². The van der Waals surface area contributed by atoms with Crippen molar-refractivity contribution >= 4 is 19.0 Å². The lowest BCUT2D eigenvalue weighted by Crippen LogP contribution is -2.04. The van der Waals surface area contributed by atoms with Crippen LogP contribution in [0.4, 0.5) is 5.69 Å². The van der Waals surface area contributed by atoms with Crippen molar-refractivity contribution in [3.8, 4) is 0 Å². The summed E-state index contributed by atoms with van der Waals surface area (Å²) < 4.78 is 0. The number of nitrogens with one attached hydrogen (secondary N) is 1. The van der Waals surface area contributed by atoms with Crippen molar-refractivity contribution in [3.63, 3.8) is 0 Å². The summed E-state index contributed by atoms with van der Waals surface area (Å²) in [6, 6.07) is 4.04. The highest BCUT2D eigenvalue weighted by Crippen LogP contribution is 2.23. The fourth-order valence-electron chi connectivity index (χ4n) is 1.66. The molecule has 0 bridgehead atoms. The molecule has 2 radical (unpaired) electrons. The van der Waals surface area contributed by atoms with Crippen LogP contribution in [-0.4, -0.2) is 14.4 Å². The number of anilines is 1. The third-order valence-electron chi connectivity index (χ3n) is 2.19. The molecule has 1 aromatic carbocycles. The average molecular weight is 175 g/mol. The van der Waals surface area contributed by atoms with Gasteiger partial charge in [-0.25, -0.2) is 0 Å². The van der Waals surface area contributed by atoms with Gasteiger partial charge in [0.1, 0.15) is 7.85 Å². The number of fused-ring (bicyclic) bond motifs is 1. The Morgan fingerprint density at radius 1 is 1.38 bits per heavy atom. The summed E-state index contributed by atoms with van der Waals surface area (Å²) in [5.74, 6) is 0. The van der Waals surface area contributed by atoms with E-state index < -0.39 is 0 Å². The van der Waals surface area contributed by atoms with E-state index in [0.717, 1.165) is 18.4 Å². The molecule has 0 aromatic heterocycles. The van der Waals surface area contributed by atoms with Crippen LogP contribution in [0.2, 0.25) is 0 Å². The molecule has 70 valence electrons. The monoisotopic (exact) mass is 175 g/mol. The van der Waals surface area contributed by atoms with Gasteiger partial charge in [0.25, 0.3) is 0 Å². The molecule has 0 saturated heterocycles. The van der Waals surface area contributed by atoms with Gasteiger partial charge in [-0.1, -0.05) is 25.4 Å². The third kappa shape index (κ3) is 2.06. The normalized spacial score (nSPS) is 12.5. The molecular weight excluding hydrogens is 157 g/mol. The van der Waals surface area contributed by atoms with E-state index in [9.17, 15) is 0 Å². The second kappa shape index (κ2) is 4.36. The van der Waals surface area contributed by atoms with Crippen molar-refractivity contribution < 1.29 is 1.43 Å². The maximum atomic E-state index is 5.69. The molecule has 1 aliphatic heterocycles. The van der Waals surface area contributed by atoms with Crippen molar-refractivity contribution in [1.82, 2.24) is 0 Å². The van der Waals surface area contributed by atoms with Gasteiger partial charge in [-0.2, -0.15) is 0 Å². The molecular formula is C11H18BN. The average Bonchev–Trinajstić information content (AvgIpc) is 2.55. The van der Waals surface area contributed by atoms with E-state index in [1.807, 2.05) is 26.0 Å². The lowest BCUT2D eigenvalue weighted by molar-refractivity contribution is 1.09. The van der Waals surface area contributed by atoms with E-state index in [2.05, 4.69) is 12.2 Å². The molecule has 1 nitrogen and oxygen atoms in total. The quantitative estimate of drug-likeness (QED) is 0.595. The van der Waals surface area contributed by atoms with Gasteiger partial charge in [-0.3, -0.25) is 0 Å². The number of hydrogen-bond acceptors (Lipinski definition) is 1. The Morgan fingerprint density at radius 2 is 2.08 bits per heavy atom. The minimum atomic E-state index is 0. The summed E-state index contributed by atoms with van der Waals surface area (Å²) in [6.45, 7) is 7.17. The fraction of sp³-hybridized carbons (Fsp3) is 0.455. The highest BCUT2D eigenvalue weighted by atomic mass is 14.9. The zero-order valence-electron chi connectivity index (χ0n) is 8.65. The Morgan fingerprint density at radius 3 is 2.77 bits per heavy atom. The number of benzene rings is 1. The van der Waals surface area contributed by atoms with Crippen LogP contribution in [0.3, 0.4) is 0 Å². The zero-order chi connectivity index (χ0) is 9.84. The number of hydrogen-bond donors (Lipinski definition) is 1. The van der Waals surface area contributed by atoms with Gasteiger partial charge in [0.15, 0.2) is 0 Å². The first kappa shape index (κ1) is 10.2. The number of rotatable bonds is 0. The molecule has 0 amide bonds. The smallest absolute Gasteiger partial charge is 0.113 e. The second-order valence-corrected chi connectivity index (χ2v) is 3.04. The van der Waals surface area contributed by atoms with Crippen molar-refractivity contribution in [1.29, 1.82) is 0 Å². The van der Waals surface area contributed by atoms with Gasteiger partial charge in [-0.15, -0.1) is 0 Å². The highest BCUT2D eigenvalue weighted by Gasteiger charge is 2.11. The van der Waals surface area contributed by atoms with Crippen molar-refractivity contribution in [2.75, 3.05) is 11.9 Å². The molecule has 1 aromatic rings. The maximum Gasteiger partial charge on any atom is 0.113 e. The van der Waals surface area contributed by atoms with Gasteiger partial charge in [0, 0.05) is 13.7 Å². The molecule has 0 spiro atoms. The van der Waals surface area contributed by atoms with Crippen molar-refractivity contribution in [2.24, 2.45) is 0 Å². The second-order valence-electron chi connectivity index (χ2n) is 3.04. The predicted molar refractivity (Wildman–Crippen MR) is 62.2 cm³/mol. The van der Waals surface area contributed by atoms with Crippen molar-refractivity contribution in [3.05, 3.63) is 23.3 Å². The topological polar surface area (TPSA) is 12.0 Å². The van der Waals surface area contributed by atoms with Crippen LogP contribution in [-0.2, 0) is 6.42 Å². The van der Waals surface area contributed by atoms with Gasteiger partial charge >= 0.3 is 0 Å². The van der Waals surface area contributed by atoms with E-state index in [0.29, 0.717) is 0 Å². The molecule has 0 saturated carbocycles. The molecule has 0 fully saturated rings. The van der Waals surface area contributed by atoms with Gasteiger partial charge in [0.05, 0.1) is 0 Å². The molecule has 2 rings (SSSR count). The summed E-state index contributed by atoms with van der Waals surface area (Å²) in [5.41, 5.74) is 4.82. The molecule has 0 atom stereocenters. The first-order chi connectivity index (χ1) is 6.27. The van der Waals surface area contributed by atoms with Crippen molar-refractivity contribution in [2.45, 2.75) is 27.2 Å². The minimum Gasteiger partial charge on any atom is -0.384 e. The Kier molecular flexibility index (Phi) is 3.41. The van der Waals surface area contributed by atoms with Crippen LogP contribution in [0.25, 0.3) is 0 Å². The Hall–Kier alpha value is -0.915. The van der Waals surface area contributed by atoms with Gasteiger partial charge < -0.3 is 5.32 Å².